The number of amides is 1. The third-order valence-electron chi connectivity index (χ3n) is 3.06. The van der Waals surface area contributed by atoms with Crippen LogP contribution in [-0.2, 0) is 4.79 Å². The van der Waals surface area contributed by atoms with Gasteiger partial charge in [-0.3, -0.25) is 4.79 Å². The van der Waals surface area contributed by atoms with Gasteiger partial charge in [-0.15, -0.1) is 0 Å². The van der Waals surface area contributed by atoms with E-state index >= 15 is 0 Å². The van der Waals surface area contributed by atoms with Crippen molar-refractivity contribution >= 4 is 11.6 Å². The lowest BCUT2D eigenvalue weighted by molar-refractivity contribution is -0.123. The number of halogens is 1. The molecule has 0 heterocycles. The Morgan fingerprint density at radius 2 is 2.18 bits per heavy atom. The van der Waals surface area contributed by atoms with Gasteiger partial charge in [0.05, 0.1) is 12.6 Å². The highest BCUT2D eigenvalue weighted by Gasteiger charge is 2.40. The van der Waals surface area contributed by atoms with Gasteiger partial charge in [-0.1, -0.05) is 0 Å². The molecule has 0 bridgehead atoms. The van der Waals surface area contributed by atoms with Crippen LogP contribution in [0.1, 0.15) is 19.3 Å². The van der Waals surface area contributed by atoms with Gasteiger partial charge in [0.2, 0.25) is 5.91 Å². The topological polar surface area (TPSA) is 64.3 Å². The summed E-state index contributed by atoms with van der Waals surface area (Å²) in [6.45, 7) is 0. The van der Waals surface area contributed by atoms with Crippen LogP contribution < -0.4 is 15.8 Å². The number of hydrogen-bond acceptors (Lipinski definition) is 3. The molecule has 1 amide bonds. The van der Waals surface area contributed by atoms with E-state index in [1.165, 1.54) is 19.2 Å². The van der Waals surface area contributed by atoms with Crippen molar-refractivity contribution in [2.45, 2.75) is 24.8 Å². The Bertz CT molecular complexity index is 444. The highest BCUT2D eigenvalue weighted by Crippen LogP contribution is 2.30. The van der Waals surface area contributed by atoms with E-state index in [1.807, 2.05) is 0 Å². The van der Waals surface area contributed by atoms with Gasteiger partial charge < -0.3 is 15.8 Å². The summed E-state index contributed by atoms with van der Waals surface area (Å²) in [5.41, 5.74) is 5.44. The molecular formula is C12H15FN2O2. The minimum absolute atomic E-state index is 0.267. The molecule has 0 unspecified atom stereocenters. The molecule has 0 spiro atoms. The van der Waals surface area contributed by atoms with E-state index in [2.05, 4.69) is 5.32 Å². The Labute approximate surface area is 98.9 Å². The zero-order valence-corrected chi connectivity index (χ0v) is 9.63. The van der Waals surface area contributed by atoms with Crippen molar-refractivity contribution in [3.05, 3.63) is 24.0 Å². The van der Waals surface area contributed by atoms with Gasteiger partial charge in [0.15, 0.2) is 0 Å². The van der Waals surface area contributed by atoms with Crippen molar-refractivity contribution < 1.29 is 13.9 Å². The van der Waals surface area contributed by atoms with E-state index in [0.29, 0.717) is 24.3 Å². The van der Waals surface area contributed by atoms with Gasteiger partial charge in [-0.2, -0.15) is 0 Å². The molecule has 0 radical (unpaired) electrons. The van der Waals surface area contributed by atoms with Crippen LogP contribution in [0.25, 0.3) is 0 Å². The van der Waals surface area contributed by atoms with Gasteiger partial charge in [-0.25, -0.2) is 4.39 Å². The number of methoxy groups -OCH3 is 1. The van der Waals surface area contributed by atoms with Crippen LogP contribution in [0.2, 0.25) is 0 Å². The number of benzene rings is 1. The van der Waals surface area contributed by atoms with Crippen molar-refractivity contribution in [2.75, 3.05) is 12.4 Å². The summed E-state index contributed by atoms with van der Waals surface area (Å²) in [5.74, 6) is -0.365. The number of ether oxygens (including phenoxy) is 1. The van der Waals surface area contributed by atoms with Crippen LogP contribution in [0.15, 0.2) is 18.2 Å². The molecule has 1 aromatic carbocycles. The lowest BCUT2D eigenvalue weighted by Crippen LogP contribution is -2.56. The number of rotatable bonds is 3. The van der Waals surface area contributed by atoms with Crippen LogP contribution in [0.5, 0.6) is 5.75 Å². The van der Waals surface area contributed by atoms with Gasteiger partial charge in [0.1, 0.15) is 11.6 Å². The highest BCUT2D eigenvalue weighted by molar-refractivity contribution is 5.98. The van der Waals surface area contributed by atoms with Crippen LogP contribution in [0.4, 0.5) is 10.1 Å². The fraction of sp³-hybridized carbons (Fsp3) is 0.417. The number of nitrogens with one attached hydrogen (secondary N) is 1. The first-order valence-electron chi connectivity index (χ1n) is 5.48. The van der Waals surface area contributed by atoms with Crippen LogP contribution in [-0.4, -0.2) is 18.6 Å². The second-order valence-corrected chi connectivity index (χ2v) is 4.34. The standard InChI is InChI=1S/C12H15FN2O2/c1-17-10-6-8(13)5-9(7-10)15-11(16)12(14)3-2-4-12/h5-7H,2-4,14H2,1H3,(H,15,16). The summed E-state index contributed by atoms with van der Waals surface area (Å²) < 4.78 is 18.1. The number of hydrogen-bond donors (Lipinski definition) is 2. The second kappa shape index (κ2) is 4.33. The van der Waals surface area contributed by atoms with Crippen molar-refractivity contribution in [3.8, 4) is 5.75 Å². The molecule has 1 aromatic rings. The average Bonchev–Trinajstić information content (AvgIpc) is 2.24. The predicted octanol–water partition coefficient (Wildman–Crippen LogP) is 1.65. The van der Waals surface area contributed by atoms with Gasteiger partial charge in [0.25, 0.3) is 0 Å². The summed E-state index contributed by atoms with van der Waals surface area (Å²) in [7, 11) is 1.44. The van der Waals surface area contributed by atoms with Gasteiger partial charge in [-0.05, 0) is 25.3 Å². The molecule has 0 atom stereocenters. The lowest BCUT2D eigenvalue weighted by atomic mass is 9.77. The maximum atomic E-state index is 13.2. The van der Waals surface area contributed by atoms with Crippen molar-refractivity contribution in [3.63, 3.8) is 0 Å². The Morgan fingerprint density at radius 3 is 2.71 bits per heavy atom. The smallest absolute Gasteiger partial charge is 0.244 e. The van der Waals surface area contributed by atoms with Crippen molar-refractivity contribution in [1.82, 2.24) is 0 Å². The molecule has 92 valence electrons. The largest absolute Gasteiger partial charge is 0.497 e. The first-order chi connectivity index (χ1) is 8.03. The fourth-order valence-electron chi connectivity index (χ4n) is 1.79. The summed E-state index contributed by atoms with van der Waals surface area (Å²) >= 11 is 0. The average molecular weight is 238 g/mol. The maximum Gasteiger partial charge on any atom is 0.244 e. The molecular weight excluding hydrogens is 223 g/mol. The maximum absolute atomic E-state index is 13.2. The number of anilines is 1. The van der Waals surface area contributed by atoms with Gasteiger partial charge in [0, 0.05) is 17.8 Å². The minimum atomic E-state index is -0.792. The van der Waals surface area contributed by atoms with E-state index in [1.54, 1.807) is 6.07 Å². The summed E-state index contributed by atoms with van der Waals surface area (Å²) in [6, 6.07) is 4.04. The first kappa shape index (κ1) is 11.9. The Morgan fingerprint density at radius 1 is 1.47 bits per heavy atom. The van der Waals surface area contributed by atoms with E-state index in [9.17, 15) is 9.18 Å². The van der Waals surface area contributed by atoms with Crippen LogP contribution in [0.3, 0.4) is 0 Å². The van der Waals surface area contributed by atoms with E-state index in [-0.39, 0.29) is 5.91 Å². The molecule has 1 saturated carbocycles. The van der Waals surface area contributed by atoms with Gasteiger partial charge >= 0.3 is 0 Å². The van der Waals surface area contributed by atoms with E-state index in [0.717, 1.165) is 6.42 Å². The zero-order chi connectivity index (χ0) is 12.5. The normalized spacial score (nSPS) is 17.1. The fourth-order valence-corrected chi connectivity index (χ4v) is 1.79. The number of carbonyl (C=O) groups excluding carboxylic acids is 1. The minimum Gasteiger partial charge on any atom is -0.497 e. The van der Waals surface area contributed by atoms with Crippen molar-refractivity contribution in [2.24, 2.45) is 5.73 Å². The molecule has 2 rings (SSSR count). The van der Waals surface area contributed by atoms with Crippen LogP contribution in [0, 0.1) is 5.82 Å². The summed E-state index contributed by atoms with van der Waals surface area (Å²) in [5, 5.41) is 2.62. The van der Waals surface area contributed by atoms with E-state index in [4.69, 9.17) is 10.5 Å². The molecule has 0 saturated heterocycles. The first-order valence-corrected chi connectivity index (χ1v) is 5.48. The zero-order valence-electron chi connectivity index (χ0n) is 9.63. The number of nitrogens with two attached hydrogens (primary N) is 1. The molecule has 1 fully saturated rings. The third-order valence-corrected chi connectivity index (χ3v) is 3.06. The molecule has 17 heavy (non-hydrogen) atoms. The summed E-state index contributed by atoms with van der Waals surface area (Å²) in [4.78, 5) is 11.8. The third kappa shape index (κ3) is 2.39. The lowest BCUT2D eigenvalue weighted by Gasteiger charge is -2.36. The predicted molar refractivity (Wildman–Crippen MR) is 62.4 cm³/mol. The molecule has 3 N–H and O–H groups in total. The molecule has 4 nitrogen and oxygen atoms in total. The molecule has 0 aromatic heterocycles. The molecule has 1 aliphatic carbocycles. The van der Waals surface area contributed by atoms with Crippen molar-refractivity contribution in [1.29, 1.82) is 0 Å². The monoisotopic (exact) mass is 238 g/mol. The highest BCUT2D eigenvalue weighted by atomic mass is 19.1. The number of carbonyl (C=O) groups is 1. The quantitative estimate of drug-likeness (QED) is 0.841. The Balaban J connectivity index is 2.12. The molecule has 5 heteroatoms. The second-order valence-electron chi connectivity index (χ2n) is 4.34. The Kier molecular flexibility index (Phi) is 3.02. The SMILES string of the molecule is COc1cc(F)cc(NC(=O)C2(N)CCC2)c1. The molecule has 1 aliphatic rings. The molecule has 0 aliphatic heterocycles. The van der Waals surface area contributed by atoms with Crippen LogP contribution >= 0.6 is 0 Å². The van der Waals surface area contributed by atoms with E-state index < -0.39 is 11.4 Å². The Hall–Kier alpha value is -1.62. The summed E-state index contributed by atoms with van der Waals surface area (Å²) in [6.07, 6.45) is 2.30.